The van der Waals surface area contributed by atoms with Crippen molar-refractivity contribution in [2.45, 2.75) is 19.4 Å². The Morgan fingerprint density at radius 3 is 2.71 bits per heavy atom. The lowest BCUT2D eigenvalue weighted by Gasteiger charge is -2.23. The Balaban J connectivity index is 2.21. The van der Waals surface area contributed by atoms with Crippen molar-refractivity contribution in [1.82, 2.24) is 5.32 Å². The van der Waals surface area contributed by atoms with Gasteiger partial charge < -0.3 is 10.1 Å². The molecule has 2 aliphatic rings. The minimum atomic E-state index is -0.661. The van der Waals surface area contributed by atoms with Gasteiger partial charge in [0.1, 0.15) is 6.04 Å². The number of methoxy groups -OCH3 is 1. The minimum absolute atomic E-state index is 0.130. The van der Waals surface area contributed by atoms with Gasteiger partial charge in [-0.25, -0.2) is 4.79 Å². The largest absolute Gasteiger partial charge is 0.467 e. The summed E-state index contributed by atoms with van der Waals surface area (Å²) >= 11 is 0. The first-order valence-electron chi connectivity index (χ1n) is 6.89. The van der Waals surface area contributed by atoms with Crippen LogP contribution >= 0.6 is 0 Å². The molecule has 0 spiro atoms. The maximum atomic E-state index is 11.8. The van der Waals surface area contributed by atoms with Crippen LogP contribution in [0, 0.1) is 5.92 Å². The summed E-state index contributed by atoms with van der Waals surface area (Å²) in [6.07, 6.45) is 16.5. The van der Waals surface area contributed by atoms with Crippen LogP contribution in [0.3, 0.4) is 0 Å². The molecule has 0 saturated carbocycles. The van der Waals surface area contributed by atoms with Gasteiger partial charge in [0.15, 0.2) is 0 Å². The molecule has 0 bridgehead atoms. The molecule has 0 aromatic carbocycles. The molecule has 110 valence electrons. The fourth-order valence-electron chi connectivity index (χ4n) is 2.51. The van der Waals surface area contributed by atoms with Gasteiger partial charge in [0.2, 0.25) is 5.91 Å². The molecule has 2 rings (SSSR count). The molecule has 0 fully saturated rings. The molecule has 0 aliphatic heterocycles. The second-order valence-electron chi connectivity index (χ2n) is 5.00. The molecule has 4 heteroatoms. The molecule has 2 atom stereocenters. The van der Waals surface area contributed by atoms with Gasteiger partial charge in [-0.05, 0) is 5.57 Å². The first kappa shape index (κ1) is 15.0. The van der Waals surface area contributed by atoms with E-state index in [0.29, 0.717) is 6.42 Å². The van der Waals surface area contributed by atoms with Crippen molar-refractivity contribution in [2.75, 3.05) is 7.11 Å². The van der Waals surface area contributed by atoms with Crippen molar-refractivity contribution in [3.8, 4) is 0 Å². The quantitative estimate of drug-likeness (QED) is 0.806. The Morgan fingerprint density at radius 1 is 1.24 bits per heavy atom. The van der Waals surface area contributed by atoms with Gasteiger partial charge in [-0.2, -0.15) is 0 Å². The van der Waals surface area contributed by atoms with Crippen molar-refractivity contribution in [3.05, 3.63) is 59.8 Å². The zero-order valence-electron chi connectivity index (χ0n) is 12.2. The lowest BCUT2D eigenvalue weighted by molar-refractivity contribution is -0.144. The predicted octanol–water partition coefficient (Wildman–Crippen LogP) is 2.22. The smallest absolute Gasteiger partial charge is 0.328 e. The highest BCUT2D eigenvalue weighted by atomic mass is 16.5. The van der Waals surface area contributed by atoms with E-state index in [1.165, 1.54) is 19.6 Å². The molecular weight excluding hydrogens is 266 g/mol. The highest BCUT2D eigenvalue weighted by Crippen LogP contribution is 2.31. The number of carbonyl (C=O) groups excluding carboxylic acids is 2. The van der Waals surface area contributed by atoms with Crippen LogP contribution in [0.4, 0.5) is 0 Å². The Morgan fingerprint density at radius 2 is 2.00 bits per heavy atom. The first-order valence-corrected chi connectivity index (χ1v) is 6.89. The van der Waals surface area contributed by atoms with E-state index in [-0.39, 0.29) is 11.8 Å². The summed E-state index contributed by atoms with van der Waals surface area (Å²) in [7, 11) is 1.33. The molecule has 2 unspecified atom stereocenters. The van der Waals surface area contributed by atoms with Crippen LogP contribution in [0.5, 0.6) is 0 Å². The third kappa shape index (κ3) is 3.81. The highest BCUT2D eigenvalue weighted by Gasteiger charge is 2.26. The summed E-state index contributed by atoms with van der Waals surface area (Å²) in [5, 5.41) is 2.65. The highest BCUT2D eigenvalue weighted by molar-refractivity contribution is 5.83. The zero-order valence-corrected chi connectivity index (χ0v) is 12.2. The molecule has 21 heavy (non-hydrogen) atoms. The van der Waals surface area contributed by atoms with Gasteiger partial charge in [0.25, 0.3) is 0 Å². The molecule has 4 nitrogen and oxygen atoms in total. The van der Waals surface area contributed by atoms with Crippen molar-refractivity contribution >= 4 is 11.9 Å². The van der Waals surface area contributed by atoms with Gasteiger partial charge in [0.05, 0.1) is 7.11 Å². The van der Waals surface area contributed by atoms with E-state index in [1.54, 1.807) is 0 Å². The molecule has 1 N–H and O–H groups in total. The molecular formula is C17H19NO3. The molecule has 1 amide bonds. The summed E-state index contributed by atoms with van der Waals surface area (Å²) in [6.45, 7) is 1.39. The summed E-state index contributed by atoms with van der Waals surface area (Å²) in [6, 6.07) is -0.661. The SMILES string of the molecule is COC(=O)C(CC1=CC=CC=C2C=CC=CC21)NC(C)=O. The lowest BCUT2D eigenvalue weighted by Crippen LogP contribution is -2.41. The number of ether oxygens (including phenoxy) is 1. The van der Waals surface area contributed by atoms with Crippen LogP contribution in [0.25, 0.3) is 0 Å². The molecule has 0 heterocycles. The van der Waals surface area contributed by atoms with Crippen molar-refractivity contribution in [2.24, 2.45) is 5.92 Å². The topological polar surface area (TPSA) is 55.4 Å². The Bertz CT molecular complexity index is 579. The predicted molar refractivity (Wildman–Crippen MR) is 81.3 cm³/mol. The van der Waals surface area contributed by atoms with Gasteiger partial charge in [-0.15, -0.1) is 0 Å². The number of rotatable bonds is 4. The second kappa shape index (κ2) is 6.88. The van der Waals surface area contributed by atoms with Gasteiger partial charge >= 0.3 is 5.97 Å². The second-order valence-corrected chi connectivity index (χ2v) is 5.00. The maximum Gasteiger partial charge on any atom is 0.328 e. The standard InChI is InChI=1S/C17H19NO3/c1-12(19)18-16(17(20)21-2)11-14-9-4-3-7-13-8-5-6-10-15(13)14/h3-10,15-16H,11H2,1-2H3,(H,18,19). The van der Waals surface area contributed by atoms with Crippen LogP contribution in [-0.4, -0.2) is 25.0 Å². The number of fused-ring (bicyclic) bond motifs is 1. The van der Waals surface area contributed by atoms with E-state index < -0.39 is 12.0 Å². The van der Waals surface area contributed by atoms with Crippen LogP contribution in [-0.2, 0) is 14.3 Å². The molecule has 0 aromatic heterocycles. The molecule has 0 saturated heterocycles. The number of hydrogen-bond donors (Lipinski definition) is 1. The van der Waals surface area contributed by atoms with E-state index in [0.717, 1.165) is 5.57 Å². The van der Waals surface area contributed by atoms with Crippen LogP contribution in [0.1, 0.15) is 13.3 Å². The Labute approximate surface area is 124 Å². The summed E-state index contributed by atoms with van der Waals surface area (Å²) in [4.78, 5) is 23.1. The fourth-order valence-corrected chi connectivity index (χ4v) is 2.51. The van der Waals surface area contributed by atoms with Gasteiger partial charge in [0, 0.05) is 19.3 Å². The maximum absolute atomic E-state index is 11.8. The van der Waals surface area contributed by atoms with Crippen LogP contribution in [0.2, 0.25) is 0 Å². The normalized spacial score (nSPS) is 20.8. The Kier molecular flexibility index (Phi) is 4.93. The third-order valence-corrected chi connectivity index (χ3v) is 3.48. The number of hydrogen-bond acceptors (Lipinski definition) is 3. The molecule has 0 radical (unpaired) electrons. The number of allylic oxidation sites excluding steroid dienone is 9. The molecule has 0 aromatic rings. The fraction of sp³-hybridized carbons (Fsp3) is 0.294. The van der Waals surface area contributed by atoms with E-state index in [9.17, 15) is 9.59 Å². The average molecular weight is 285 g/mol. The van der Waals surface area contributed by atoms with Crippen LogP contribution in [0.15, 0.2) is 59.8 Å². The average Bonchev–Trinajstić information content (AvgIpc) is 2.68. The van der Waals surface area contributed by atoms with E-state index in [1.807, 2.05) is 30.4 Å². The lowest BCUT2D eigenvalue weighted by atomic mass is 9.84. The van der Waals surface area contributed by atoms with Crippen molar-refractivity contribution in [3.63, 3.8) is 0 Å². The van der Waals surface area contributed by atoms with E-state index in [2.05, 4.69) is 23.5 Å². The van der Waals surface area contributed by atoms with E-state index in [4.69, 9.17) is 4.74 Å². The van der Waals surface area contributed by atoms with Gasteiger partial charge in [-0.3, -0.25) is 4.79 Å². The van der Waals surface area contributed by atoms with Gasteiger partial charge in [-0.1, -0.05) is 54.2 Å². The third-order valence-electron chi connectivity index (χ3n) is 3.48. The Hall–Kier alpha value is -2.36. The number of esters is 1. The van der Waals surface area contributed by atoms with Crippen molar-refractivity contribution in [1.29, 1.82) is 0 Å². The number of carbonyl (C=O) groups is 2. The van der Waals surface area contributed by atoms with Crippen LogP contribution < -0.4 is 5.32 Å². The first-order chi connectivity index (χ1) is 10.1. The van der Waals surface area contributed by atoms with E-state index >= 15 is 0 Å². The summed E-state index contributed by atoms with van der Waals surface area (Å²) in [5.41, 5.74) is 2.24. The summed E-state index contributed by atoms with van der Waals surface area (Å²) < 4.78 is 4.78. The summed E-state index contributed by atoms with van der Waals surface area (Å²) in [5.74, 6) is -0.545. The van der Waals surface area contributed by atoms with Crippen molar-refractivity contribution < 1.29 is 14.3 Å². The zero-order chi connectivity index (χ0) is 15.2. The number of amides is 1. The monoisotopic (exact) mass is 285 g/mol. The molecule has 2 aliphatic carbocycles. The number of nitrogens with one attached hydrogen (secondary N) is 1. The minimum Gasteiger partial charge on any atom is -0.467 e.